The zero-order valence-corrected chi connectivity index (χ0v) is 26.6. The number of benzene rings is 2. The number of methoxy groups -OCH3 is 1. The van der Waals surface area contributed by atoms with Gasteiger partial charge in [-0.05, 0) is 68.6 Å². The topological polar surface area (TPSA) is 161 Å². The molecule has 12 heteroatoms. The number of nitrogens with two attached hydrogens (primary N) is 1. The first kappa shape index (κ1) is 31.2. The molecule has 2 aliphatic rings. The van der Waals surface area contributed by atoms with Crippen molar-refractivity contribution in [2.45, 2.75) is 50.6 Å². The number of amides is 2. The Balaban J connectivity index is 1.20. The van der Waals surface area contributed by atoms with Gasteiger partial charge in [0, 0.05) is 41.5 Å². The maximum atomic E-state index is 13.2. The van der Waals surface area contributed by atoms with Crippen LogP contribution in [0.15, 0.2) is 59.3 Å². The van der Waals surface area contributed by atoms with Gasteiger partial charge < -0.3 is 35.8 Å². The van der Waals surface area contributed by atoms with E-state index in [-0.39, 0.29) is 41.6 Å². The molecule has 1 saturated heterocycles. The summed E-state index contributed by atoms with van der Waals surface area (Å²) >= 11 is 0. The molecular formula is C34H40N8O4. The van der Waals surface area contributed by atoms with E-state index in [0.717, 1.165) is 37.1 Å². The van der Waals surface area contributed by atoms with E-state index in [0.29, 0.717) is 46.4 Å². The van der Waals surface area contributed by atoms with Crippen LogP contribution in [0.2, 0.25) is 0 Å². The number of likely N-dealkylation sites (tertiary alicyclic amines) is 1. The number of piperidine rings is 1. The predicted molar refractivity (Wildman–Crippen MR) is 174 cm³/mol. The zero-order valence-electron chi connectivity index (χ0n) is 26.6. The van der Waals surface area contributed by atoms with Gasteiger partial charge in [0.2, 0.25) is 5.95 Å². The lowest BCUT2D eigenvalue weighted by Crippen LogP contribution is -2.43. The van der Waals surface area contributed by atoms with Gasteiger partial charge >= 0.3 is 0 Å². The van der Waals surface area contributed by atoms with Crippen molar-refractivity contribution in [2.75, 3.05) is 39.1 Å². The highest BCUT2D eigenvalue weighted by Gasteiger charge is 2.39. The molecule has 1 aliphatic heterocycles. The Morgan fingerprint density at radius 3 is 2.63 bits per heavy atom. The van der Waals surface area contributed by atoms with E-state index >= 15 is 0 Å². The molecule has 3 heterocycles. The molecule has 0 bridgehead atoms. The van der Waals surface area contributed by atoms with Crippen molar-refractivity contribution in [3.63, 3.8) is 0 Å². The monoisotopic (exact) mass is 624 g/mol. The third-order valence-electron chi connectivity index (χ3n) is 8.83. The van der Waals surface area contributed by atoms with Crippen LogP contribution in [-0.2, 0) is 11.8 Å². The summed E-state index contributed by atoms with van der Waals surface area (Å²) in [6.07, 6.45) is 4.14. The molecule has 0 saturated carbocycles. The van der Waals surface area contributed by atoms with Crippen molar-refractivity contribution in [3.8, 4) is 17.2 Å². The lowest BCUT2D eigenvalue weighted by Gasteiger charge is -2.30. The second-order valence-corrected chi connectivity index (χ2v) is 12.7. The highest BCUT2D eigenvalue weighted by atomic mass is 16.5. The fourth-order valence-corrected chi connectivity index (χ4v) is 6.07. The molecule has 2 amide bonds. The van der Waals surface area contributed by atoms with Crippen molar-refractivity contribution >= 4 is 23.5 Å². The van der Waals surface area contributed by atoms with E-state index in [1.807, 2.05) is 30.3 Å². The maximum Gasteiger partial charge on any atom is 0.273 e. The van der Waals surface area contributed by atoms with Crippen molar-refractivity contribution in [1.82, 2.24) is 30.7 Å². The lowest BCUT2D eigenvalue weighted by molar-refractivity contribution is 0.0914. The zero-order chi connectivity index (χ0) is 32.4. The first-order valence-corrected chi connectivity index (χ1v) is 15.5. The Bertz CT molecular complexity index is 1730. The first-order chi connectivity index (χ1) is 22.1. The third kappa shape index (κ3) is 6.44. The van der Waals surface area contributed by atoms with Gasteiger partial charge in [-0.3, -0.25) is 9.59 Å². The molecule has 46 heavy (non-hydrogen) atoms. The molecule has 5 N–H and O–H groups in total. The van der Waals surface area contributed by atoms with Crippen LogP contribution in [-0.4, -0.2) is 71.7 Å². The van der Waals surface area contributed by atoms with Crippen molar-refractivity contribution < 1.29 is 18.8 Å². The molecule has 0 unspecified atom stereocenters. The Morgan fingerprint density at radius 2 is 1.89 bits per heavy atom. The van der Waals surface area contributed by atoms with Gasteiger partial charge in [0.05, 0.1) is 12.8 Å². The van der Waals surface area contributed by atoms with E-state index in [1.165, 1.54) is 0 Å². The van der Waals surface area contributed by atoms with E-state index in [9.17, 15) is 9.59 Å². The number of carbonyl (C=O) groups excluding carboxylic acids is 2. The summed E-state index contributed by atoms with van der Waals surface area (Å²) in [6.45, 7) is 6.32. The summed E-state index contributed by atoms with van der Waals surface area (Å²) in [5.74, 6) is 0.732. The number of rotatable bonds is 9. The van der Waals surface area contributed by atoms with Crippen molar-refractivity contribution in [2.24, 2.45) is 5.73 Å². The van der Waals surface area contributed by atoms with Crippen LogP contribution in [0.1, 0.15) is 70.3 Å². The minimum atomic E-state index is -0.387. The molecule has 0 spiro atoms. The van der Waals surface area contributed by atoms with Gasteiger partial charge in [0.15, 0.2) is 11.5 Å². The van der Waals surface area contributed by atoms with Crippen molar-refractivity contribution in [1.29, 1.82) is 0 Å². The molecule has 2 aromatic carbocycles. The van der Waals surface area contributed by atoms with Gasteiger partial charge in [0.1, 0.15) is 11.4 Å². The minimum absolute atomic E-state index is 0.133. The highest BCUT2D eigenvalue weighted by Crippen LogP contribution is 2.43. The molecule has 0 radical (unpaired) electrons. The smallest absolute Gasteiger partial charge is 0.273 e. The van der Waals surface area contributed by atoms with Crippen LogP contribution in [0, 0.1) is 0 Å². The third-order valence-corrected chi connectivity index (χ3v) is 8.83. The number of hydrogen-bond donors (Lipinski definition) is 4. The number of ether oxygens (including phenoxy) is 1. The number of aromatic nitrogens is 3. The Hall–Kier alpha value is -4.81. The van der Waals surface area contributed by atoms with E-state index in [2.05, 4.69) is 51.9 Å². The predicted octanol–water partition coefficient (Wildman–Crippen LogP) is 3.97. The quantitative estimate of drug-likeness (QED) is 0.215. The number of fused-ring (bicyclic) bond motifs is 3. The van der Waals surface area contributed by atoms with E-state index in [4.69, 9.17) is 20.0 Å². The standard InChI is InChI=1S/C34H40N8O4/c1-34(2)17-23-28(32(44)36-19-25(35)20-8-6-5-7-9-20)41-46-30(23)29-24(34)18-37-33(40-29)39-26-11-10-21(16-27(26)45-4)31(43)38-22-12-14-42(3)15-13-22/h5-11,16,18,22,25H,12-15,17,19,35H2,1-4H3,(H,36,44)(H,38,43)(H,37,39,40)/t25-/m0/s1. The molecule has 240 valence electrons. The average Bonchev–Trinajstić information content (AvgIpc) is 3.48. The van der Waals surface area contributed by atoms with Gasteiger partial charge in [0.25, 0.3) is 11.8 Å². The van der Waals surface area contributed by atoms with Gasteiger partial charge in [-0.15, -0.1) is 0 Å². The summed E-state index contributed by atoms with van der Waals surface area (Å²) in [7, 11) is 3.64. The SMILES string of the molecule is COc1cc(C(=O)NC2CCN(C)CC2)ccc1Nc1ncc2c(n1)-c1onc(C(=O)NC[C@H](N)c3ccccc3)c1CC2(C)C. The molecule has 1 aliphatic carbocycles. The van der Waals surface area contributed by atoms with Crippen LogP contribution in [0.3, 0.4) is 0 Å². The summed E-state index contributed by atoms with van der Waals surface area (Å²) in [5, 5.41) is 13.4. The second-order valence-electron chi connectivity index (χ2n) is 12.7. The molecule has 1 atom stereocenters. The number of carbonyl (C=O) groups is 2. The number of anilines is 2. The minimum Gasteiger partial charge on any atom is -0.495 e. The average molecular weight is 625 g/mol. The normalized spacial score (nSPS) is 16.5. The molecule has 4 aromatic rings. The maximum absolute atomic E-state index is 13.2. The molecular weight excluding hydrogens is 584 g/mol. The van der Waals surface area contributed by atoms with Gasteiger partial charge in [-0.25, -0.2) is 9.97 Å². The van der Waals surface area contributed by atoms with E-state index in [1.54, 1.807) is 31.5 Å². The summed E-state index contributed by atoms with van der Waals surface area (Å²) in [6, 6.07) is 14.6. The summed E-state index contributed by atoms with van der Waals surface area (Å²) in [5.41, 5.74) is 10.3. The second kappa shape index (κ2) is 12.9. The van der Waals surface area contributed by atoms with E-state index < -0.39 is 0 Å². The largest absolute Gasteiger partial charge is 0.495 e. The van der Waals surface area contributed by atoms with Gasteiger partial charge in [-0.1, -0.05) is 49.3 Å². The first-order valence-electron chi connectivity index (χ1n) is 15.5. The summed E-state index contributed by atoms with van der Waals surface area (Å²) < 4.78 is 11.4. The summed E-state index contributed by atoms with van der Waals surface area (Å²) in [4.78, 5) is 37.9. The van der Waals surface area contributed by atoms with Crippen LogP contribution >= 0.6 is 0 Å². The number of nitrogens with zero attached hydrogens (tertiary/aromatic N) is 4. The Labute approximate surface area is 268 Å². The van der Waals surface area contributed by atoms with Crippen LogP contribution in [0.5, 0.6) is 5.75 Å². The fourth-order valence-electron chi connectivity index (χ4n) is 6.07. The molecule has 12 nitrogen and oxygen atoms in total. The van der Waals surface area contributed by atoms with Crippen molar-refractivity contribution in [3.05, 3.63) is 82.7 Å². The number of nitrogens with one attached hydrogen (secondary N) is 3. The van der Waals surface area contributed by atoms with Crippen LogP contribution in [0.4, 0.5) is 11.6 Å². The van der Waals surface area contributed by atoms with Crippen LogP contribution < -0.4 is 26.4 Å². The van der Waals surface area contributed by atoms with Crippen LogP contribution in [0.25, 0.3) is 11.5 Å². The Morgan fingerprint density at radius 1 is 1.13 bits per heavy atom. The number of hydrogen-bond acceptors (Lipinski definition) is 10. The molecule has 6 rings (SSSR count). The highest BCUT2D eigenvalue weighted by molar-refractivity contribution is 5.96. The molecule has 1 fully saturated rings. The lowest BCUT2D eigenvalue weighted by atomic mass is 9.74. The fraction of sp³-hybridized carbons (Fsp3) is 0.382. The molecule has 2 aromatic heterocycles. The van der Waals surface area contributed by atoms with Gasteiger partial charge in [-0.2, -0.15) is 0 Å². The Kier molecular flexibility index (Phi) is 8.74.